The van der Waals surface area contributed by atoms with E-state index >= 15 is 0 Å². The topological polar surface area (TPSA) is 78.9 Å². The van der Waals surface area contributed by atoms with Gasteiger partial charge in [-0.05, 0) is 52.6 Å². The first-order chi connectivity index (χ1) is 15.1. The Morgan fingerprint density at radius 1 is 1.21 bits per heavy atom. The van der Waals surface area contributed by atoms with E-state index in [0.717, 1.165) is 18.1 Å². The summed E-state index contributed by atoms with van der Waals surface area (Å²) >= 11 is 0. The van der Waals surface area contributed by atoms with E-state index in [4.69, 9.17) is 19.2 Å². The second-order valence-corrected chi connectivity index (χ2v) is 9.41. The summed E-state index contributed by atoms with van der Waals surface area (Å²) in [4.78, 5) is 23.4. The number of rotatable bonds is 6. The predicted molar refractivity (Wildman–Crippen MR) is 140 cm³/mol. The lowest BCUT2D eigenvalue weighted by Gasteiger charge is -2.39. The number of nitrogens with zero attached hydrogens (tertiary/aromatic N) is 4. The van der Waals surface area contributed by atoms with Gasteiger partial charge in [0.05, 0.1) is 32.8 Å². The summed E-state index contributed by atoms with van der Waals surface area (Å²) < 4.78 is 16.4. The van der Waals surface area contributed by atoms with Crippen molar-refractivity contribution in [3.05, 3.63) is 23.8 Å². The summed E-state index contributed by atoms with van der Waals surface area (Å²) in [6, 6.07) is 6.32. The van der Waals surface area contributed by atoms with Crippen LogP contribution in [0, 0.1) is 0 Å². The van der Waals surface area contributed by atoms with Gasteiger partial charge in [0.2, 0.25) is 0 Å². The van der Waals surface area contributed by atoms with Crippen LogP contribution >= 0.6 is 24.0 Å². The lowest BCUT2D eigenvalue weighted by Crippen LogP contribution is -2.58. The van der Waals surface area contributed by atoms with Crippen molar-refractivity contribution in [3.63, 3.8) is 0 Å². The number of aliphatic imine (C=N–C) groups is 1. The molecule has 1 amide bonds. The van der Waals surface area contributed by atoms with Crippen LogP contribution in [0.3, 0.4) is 0 Å². The van der Waals surface area contributed by atoms with Gasteiger partial charge in [0, 0.05) is 26.2 Å². The highest BCUT2D eigenvalue weighted by molar-refractivity contribution is 14.0. The number of ether oxygens (including phenoxy) is 3. The van der Waals surface area contributed by atoms with E-state index in [2.05, 4.69) is 35.3 Å². The summed E-state index contributed by atoms with van der Waals surface area (Å²) in [6.45, 7) is 9.02. The van der Waals surface area contributed by atoms with E-state index < -0.39 is 5.60 Å². The molecule has 9 nitrogen and oxygen atoms in total. The van der Waals surface area contributed by atoms with E-state index in [9.17, 15) is 4.79 Å². The number of hydrogen-bond donors (Lipinski definition) is 1. The average molecular weight is 575 g/mol. The number of hydrogen-bond acceptors (Lipinski definition) is 8. The van der Waals surface area contributed by atoms with Gasteiger partial charge in [-0.1, -0.05) is 6.07 Å². The van der Waals surface area contributed by atoms with E-state index in [1.54, 1.807) is 19.1 Å². The van der Waals surface area contributed by atoms with Crippen molar-refractivity contribution in [1.29, 1.82) is 0 Å². The Kier molecular flexibility index (Phi) is 9.48. The SMILES string of the molecule is COc1ccc(C(CNC2=NCC3CN(C(=O)OC(C)(C)C)CCN23)N(C)C)cc1OC.I. The number of fused-ring (bicyclic) bond motifs is 1. The molecule has 33 heavy (non-hydrogen) atoms. The van der Waals surface area contributed by atoms with Crippen molar-refractivity contribution in [2.24, 2.45) is 4.99 Å². The van der Waals surface area contributed by atoms with Crippen LogP contribution in [-0.2, 0) is 4.74 Å². The zero-order chi connectivity index (χ0) is 23.5. The van der Waals surface area contributed by atoms with Crippen molar-refractivity contribution in [1.82, 2.24) is 20.0 Å². The highest BCUT2D eigenvalue weighted by atomic mass is 127. The predicted octanol–water partition coefficient (Wildman–Crippen LogP) is 2.81. The molecule has 2 aliphatic rings. The Labute approximate surface area is 214 Å². The van der Waals surface area contributed by atoms with Crippen LogP contribution in [-0.4, -0.2) is 99.4 Å². The molecule has 1 fully saturated rings. The number of nitrogens with one attached hydrogen (secondary N) is 1. The summed E-state index contributed by atoms with van der Waals surface area (Å²) in [5.74, 6) is 2.33. The second kappa shape index (κ2) is 11.5. The molecule has 1 N–H and O–H groups in total. The van der Waals surface area contributed by atoms with Crippen molar-refractivity contribution in [3.8, 4) is 11.5 Å². The maximum absolute atomic E-state index is 12.4. The standard InChI is InChI=1S/C23H37N5O4.HI/c1-23(2,3)32-22(29)27-10-11-28-17(15-27)13-24-21(28)25-14-18(26(4)5)16-8-9-19(30-6)20(12-16)31-7;/h8-9,12,17-18H,10-11,13-15H2,1-7H3,(H,24,25);1H. The molecule has 1 aromatic rings. The Balaban J connectivity index is 0.00000385. The Morgan fingerprint density at radius 2 is 1.91 bits per heavy atom. The third-order valence-electron chi connectivity index (χ3n) is 5.73. The Hall–Kier alpha value is -1.95. The molecule has 2 heterocycles. The summed E-state index contributed by atoms with van der Waals surface area (Å²) in [6.07, 6.45) is -0.250. The van der Waals surface area contributed by atoms with Crippen LogP contribution in [0.4, 0.5) is 4.79 Å². The zero-order valence-electron chi connectivity index (χ0n) is 20.8. The number of amides is 1. The molecule has 3 rings (SSSR count). The molecule has 0 spiro atoms. The molecular formula is C23H38IN5O4. The van der Waals surface area contributed by atoms with Crippen molar-refractivity contribution in [2.45, 2.75) is 38.5 Å². The maximum Gasteiger partial charge on any atom is 0.410 e. The van der Waals surface area contributed by atoms with Crippen molar-refractivity contribution in [2.75, 3.05) is 61.0 Å². The lowest BCUT2D eigenvalue weighted by molar-refractivity contribution is 0.0137. The van der Waals surface area contributed by atoms with Gasteiger partial charge in [0.15, 0.2) is 17.5 Å². The van der Waals surface area contributed by atoms with Crippen LogP contribution in [0.2, 0.25) is 0 Å². The first-order valence-corrected chi connectivity index (χ1v) is 11.0. The van der Waals surface area contributed by atoms with Crippen molar-refractivity contribution >= 4 is 36.0 Å². The van der Waals surface area contributed by atoms with Gasteiger partial charge in [0.25, 0.3) is 0 Å². The molecule has 0 aromatic heterocycles. The lowest BCUT2D eigenvalue weighted by atomic mass is 10.1. The molecular weight excluding hydrogens is 537 g/mol. The van der Waals surface area contributed by atoms with Crippen LogP contribution < -0.4 is 14.8 Å². The number of carbonyl (C=O) groups is 1. The van der Waals surface area contributed by atoms with Gasteiger partial charge < -0.3 is 34.2 Å². The molecule has 2 unspecified atom stereocenters. The van der Waals surface area contributed by atoms with Gasteiger partial charge in [-0.25, -0.2) is 4.79 Å². The van der Waals surface area contributed by atoms with Crippen molar-refractivity contribution < 1.29 is 19.0 Å². The monoisotopic (exact) mass is 575 g/mol. The van der Waals surface area contributed by atoms with Crippen LogP contribution in [0.25, 0.3) is 0 Å². The molecule has 10 heteroatoms. The summed E-state index contributed by atoms with van der Waals surface area (Å²) in [5.41, 5.74) is 0.642. The molecule has 0 bridgehead atoms. The van der Waals surface area contributed by atoms with Gasteiger partial charge >= 0.3 is 6.09 Å². The minimum Gasteiger partial charge on any atom is -0.493 e. The Morgan fingerprint density at radius 3 is 2.52 bits per heavy atom. The first kappa shape index (κ1) is 27.3. The van der Waals surface area contributed by atoms with E-state index in [0.29, 0.717) is 37.7 Å². The average Bonchev–Trinajstić information content (AvgIpc) is 3.14. The molecule has 0 aliphatic carbocycles. The quantitative estimate of drug-likeness (QED) is 0.523. The van der Waals surface area contributed by atoms with Gasteiger partial charge in [-0.2, -0.15) is 0 Å². The number of methoxy groups -OCH3 is 2. The van der Waals surface area contributed by atoms with E-state index in [-0.39, 0.29) is 42.2 Å². The number of benzene rings is 1. The number of halogens is 1. The fourth-order valence-electron chi connectivity index (χ4n) is 4.07. The number of likely N-dealkylation sites (N-methyl/N-ethyl adjacent to an activating group) is 1. The highest BCUT2D eigenvalue weighted by Gasteiger charge is 2.36. The minimum atomic E-state index is -0.488. The fourth-order valence-corrected chi connectivity index (χ4v) is 4.07. The minimum absolute atomic E-state index is 0. The third kappa shape index (κ3) is 6.78. The van der Waals surface area contributed by atoms with Crippen LogP contribution in [0.15, 0.2) is 23.2 Å². The first-order valence-electron chi connectivity index (χ1n) is 11.0. The van der Waals surface area contributed by atoms with E-state index in [1.165, 1.54) is 0 Å². The van der Waals surface area contributed by atoms with Crippen LogP contribution in [0.1, 0.15) is 32.4 Å². The molecule has 2 atom stereocenters. The fraction of sp³-hybridized carbons (Fsp3) is 0.652. The smallest absolute Gasteiger partial charge is 0.410 e. The van der Waals surface area contributed by atoms with Gasteiger partial charge in [-0.15, -0.1) is 24.0 Å². The second-order valence-electron chi connectivity index (χ2n) is 9.41. The highest BCUT2D eigenvalue weighted by Crippen LogP contribution is 2.31. The number of carbonyl (C=O) groups excluding carboxylic acids is 1. The van der Waals surface area contributed by atoms with Crippen LogP contribution in [0.5, 0.6) is 11.5 Å². The Bertz CT molecular complexity index is 843. The molecule has 0 saturated carbocycles. The summed E-state index contributed by atoms with van der Waals surface area (Å²) in [5, 5.41) is 3.54. The van der Waals surface area contributed by atoms with Gasteiger partial charge in [-0.3, -0.25) is 4.99 Å². The molecule has 2 aliphatic heterocycles. The molecule has 186 valence electrons. The molecule has 1 aromatic carbocycles. The maximum atomic E-state index is 12.4. The molecule has 1 saturated heterocycles. The zero-order valence-corrected chi connectivity index (χ0v) is 23.1. The van der Waals surface area contributed by atoms with E-state index in [1.807, 2.05) is 32.9 Å². The third-order valence-corrected chi connectivity index (χ3v) is 5.73. The van der Waals surface area contributed by atoms with Gasteiger partial charge in [0.1, 0.15) is 5.60 Å². The molecule has 0 radical (unpaired) electrons. The summed E-state index contributed by atoms with van der Waals surface area (Å²) in [7, 11) is 7.40. The normalized spacial score (nSPS) is 18.8. The largest absolute Gasteiger partial charge is 0.493 e. The number of guanidine groups is 1. The number of piperazine rings is 1.